The summed E-state index contributed by atoms with van der Waals surface area (Å²) in [4.78, 5) is 0. The van der Waals surface area contributed by atoms with E-state index in [2.05, 4.69) is 15.9 Å². The van der Waals surface area contributed by atoms with Crippen molar-refractivity contribution in [2.45, 2.75) is 6.10 Å². The summed E-state index contributed by atoms with van der Waals surface area (Å²) in [7, 11) is 1.42. The lowest BCUT2D eigenvalue weighted by molar-refractivity contribution is 0.182. The zero-order valence-electron chi connectivity index (χ0n) is 11.1. The van der Waals surface area contributed by atoms with Crippen LogP contribution in [0.1, 0.15) is 17.4 Å². The molecule has 3 aromatic rings. The van der Waals surface area contributed by atoms with Crippen LogP contribution in [0.15, 0.2) is 51.4 Å². The summed E-state index contributed by atoms with van der Waals surface area (Å²) >= 11 is 3.28. The van der Waals surface area contributed by atoms with Gasteiger partial charge in [0.25, 0.3) is 0 Å². The van der Waals surface area contributed by atoms with Crippen molar-refractivity contribution >= 4 is 26.9 Å². The number of ether oxygens (including phenoxy) is 1. The van der Waals surface area contributed by atoms with Crippen LogP contribution in [0, 0.1) is 5.82 Å². The van der Waals surface area contributed by atoms with Crippen LogP contribution < -0.4 is 4.74 Å². The molecule has 0 bridgehead atoms. The number of hydrogen-bond donors (Lipinski definition) is 1. The fraction of sp³-hybridized carbons (Fsp3) is 0.125. The Labute approximate surface area is 129 Å². The van der Waals surface area contributed by atoms with E-state index >= 15 is 0 Å². The minimum Gasteiger partial charge on any atom is -0.495 e. The van der Waals surface area contributed by atoms with Crippen LogP contribution in [0.2, 0.25) is 0 Å². The number of hydrogen-bond acceptors (Lipinski definition) is 3. The number of rotatable bonds is 3. The van der Waals surface area contributed by atoms with Gasteiger partial charge in [-0.05, 0) is 40.2 Å². The standard InChI is InChI=1S/C16H12BrFO3/c1-20-16-10(17)6-7-11(18)14(16)15(19)13-8-9-4-2-3-5-12(9)21-13/h2-8,15,19H,1H3. The number of aliphatic hydroxyl groups is 1. The van der Waals surface area contributed by atoms with E-state index in [1.165, 1.54) is 19.2 Å². The first-order valence-corrected chi connectivity index (χ1v) is 7.09. The smallest absolute Gasteiger partial charge is 0.143 e. The average Bonchev–Trinajstić information content (AvgIpc) is 2.92. The third-order valence-electron chi connectivity index (χ3n) is 3.29. The molecule has 0 aliphatic rings. The van der Waals surface area contributed by atoms with E-state index in [0.717, 1.165) is 5.39 Å². The second kappa shape index (κ2) is 5.50. The minimum atomic E-state index is -1.25. The molecule has 1 N–H and O–H groups in total. The highest BCUT2D eigenvalue weighted by Gasteiger charge is 2.25. The maximum absolute atomic E-state index is 14.1. The van der Waals surface area contributed by atoms with Crippen LogP contribution in [-0.4, -0.2) is 12.2 Å². The van der Waals surface area contributed by atoms with E-state index in [9.17, 15) is 9.50 Å². The lowest BCUT2D eigenvalue weighted by Gasteiger charge is -2.15. The molecule has 0 saturated heterocycles. The van der Waals surface area contributed by atoms with Crippen molar-refractivity contribution in [2.75, 3.05) is 7.11 Å². The molecular formula is C16H12BrFO3. The number of aliphatic hydroxyl groups excluding tert-OH is 1. The van der Waals surface area contributed by atoms with Crippen molar-refractivity contribution in [2.24, 2.45) is 0 Å². The summed E-state index contributed by atoms with van der Waals surface area (Å²) in [5.74, 6) is -0.0301. The zero-order chi connectivity index (χ0) is 15.0. The molecule has 3 nitrogen and oxygen atoms in total. The summed E-state index contributed by atoms with van der Waals surface area (Å²) in [6, 6.07) is 11.9. The predicted molar refractivity (Wildman–Crippen MR) is 80.9 cm³/mol. The fourth-order valence-electron chi connectivity index (χ4n) is 2.29. The first kappa shape index (κ1) is 14.1. The van der Waals surface area contributed by atoms with Crippen molar-refractivity contribution in [3.63, 3.8) is 0 Å². The van der Waals surface area contributed by atoms with Gasteiger partial charge >= 0.3 is 0 Å². The Morgan fingerprint density at radius 1 is 1.24 bits per heavy atom. The van der Waals surface area contributed by atoms with Gasteiger partial charge in [0.15, 0.2) is 0 Å². The van der Waals surface area contributed by atoms with Crippen molar-refractivity contribution in [1.82, 2.24) is 0 Å². The second-order valence-corrected chi connectivity index (χ2v) is 5.42. The molecule has 0 fully saturated rings. The number of para-hydroxylation sites is 1. The number of halogens is 2. The number of methoxy groups -OCH3 is 1. The van der Waals surface area contributed by atoms with Crippen LogP contribution in [0.25, 0.3) is 11.0 Å². The molecule has 21 heavy (non-hydrogen) atoms. The van der Waals surface area contributed by atoms with Crippen molar-refractivity contribution < 1.29 is 18.7 Å². The highest BCUT2D eigenvalue weighted by molar-refractivity contribution is 9.10. The first-order chi connectivity index (χ1) is 10.1. The number of fused-ring (bicyclic) bond motifs is 1. The van der Waals surface area contributed by atoms with E-state index in [1.807, 2.05) is 18.2 Å². The third-order valence-corrected chi connectivity index (χ3v) is 3.91. The third kappa shape index (κ3) is 2.43. The molecule has 0 aliphatic heterocycles. The van der Waals surface area contributed by atoms with Gasteiger partial charge in [-0.15, -0.1) is 0 Å². The minimum absolute atomic E-state index is 0.0472. The van der Waals surface area contributed by atoms with Crippen LogP contribution in [0.5, 0.6) is 5.75 Å². The maximum atomic E-state index is 14.1. The molecule has 0 radical (unpaired) electrons. The van der Waals surface area contributed by atoms with Gasteiger partial charge in [0, 0.05) is 5.39 Å². The normalized spacial score (nSPS) is 12.6. The molecule has 108 valence electrons. The monoisotopic (exact) mass is 350 g/mol. The summed E-state index contributed by atoms with van der Waals surface area (Å²) in [5, 5.41) is 11.3. The van der Waals surface area contributed by atoms with E-state index in [0.29, 0.717) is 10.1 Å². The topological polar surface area (TPSA) is 42.6 Å². The highest BCUT2D eigenvalue weighted by atomic mass is 79.9. The Balaban J connectivity index is 2.13. The van der Waals surface area contributed by atoms with Crippen molar-refractivity contribution in [1.29, 1.82) is 0 Å². The van der Waals surface area contributed by atoms with Gasteiger partial charge in [-0.2, -0.15) is 0 Å². The molecule has 0 saturated carbocycles. The molecule has 1 heterocycles. The van der Waals surface area contributed by atoms with Crippen LogP contribution in [0.3, 0.4) is 0 Å². The van der Waals surface area contributed by atoms with E-state index in [-0.39, 0.29) is 17.1 Å². The Morgan fingerprint density at radius 2 is 2.00 bits per heavy atom. The van der Waals surface area contributed by atoms with Gasteiger partial charge in [-0.1, -0.05) is 18.2 Å². The summed E-state index contributed by atoms with van der Waals surface area (Å²) < 4.78 is 25.4. The fourth-order valence-corrected chi connectivity index (χ4v) is 2.80. The molecule has 3 rings (SSSR count). The molecule has 5 heteroatoms. The maximum Gasteiger partial charge on any atom is 0.143 e. The molecular weight excluding hydrogens is 339 g/mol. The van der Waals surface area contributed by atoms with Gasteiger partial charge in [0.05, 0.1) is 17.1 Å². The number of benzene rings is 2. The summed E-state index contributed by atoms with van der Waals surface area (Å²) in [6.07, 6.45) is -1.25. The highest BCUT2D eigenvalue weighted by Crippen LogP contribution is 2.38. The largest absolute Gasteiger partial charge is 0.495 e. The first-order valence-electron chi connectivity index (χ1n) is 6.30. The van der Waals surface area contributed by atoms with Gasteiger partial charge in [0.2, 0.25) is 0 Å². The molecule has 0 aliphatic carbocycles. The zero-order valence-corrected chi connectivity index (χ0v) is 12.7. The molecule has 0 spiro atoms. The van der Waals surface area contributed by atoms with Gasteiger partial charge in [0.1, 0.15) is 29.0 Å². The van der Waals surface area contributed by atoms with Gasteiger partial charge in [-0.3, -0.25) is 0 Å². The van der Waals surface area contributed by atoms with E-state index < -0.39 is 11.9 Å². The SMILES string of the molecule is COc1c(Br)ccc(F)c1C(O)c1cc2ccccc2o1. The van der Waals surface area contributed by atoms with E-state index in [1.54, 1.807) is 12.1 Å². The molecule has 2 aromatic carbocycles. The average molecular weight is 351 g/mol. The van der Waals surface area contributed by atoms with E-state index in [4.69, 9.17) is 9.15 Å². The summed E-state index contributed by atoms with van der Waals surface area (Å²) in [6.45, 7) is 0. The molecule has 0 amide bonds. The van der Waals surface area contributed by atoms with Crippen LogP contribution >= 0.6 is 15.9 Å². The Kier molecular flexibility index (Phi) is 3.69. The molecule has 1 atom stereocenters. The second-order valence-electron chi connectivity index (χ2n) is 4.57. The predicted octanol–water partition coefficient (Wildman–Crippen LogP) is 4.42. The Morgan fingerprint density at radius 3 is 2.71 bits per heavy atom. The Hall–Kier alpha value is -1.85. The van der Waals surface area contributed by atoms with Gasteiger partial charge < -0.3 is 14.3 Å². The Bertz CT molecular complexity index is 764. The van der Waals surface area contributed by atoms with Crippen LogP contribution in [-0.2, 0) is 0 Å². The molecule has 1 unspecified atom stereocenters. The van der Waals surface area contributed by atoms with Crippen molar-refractivity contribution in [3.05, 3.63) is 64.1 Å². The summed E-state index contributed by atoms with van der Waals surface area (Å²) in [5.41, 5.74) is 0.687. The quantitative estimate of drug-likeness (QED) is 0.759. The van der Waals surface area contributed by atoms with Gasteiger partial charge in [-0.25, -0.2) is 4.39 Å². The number of furan rings is 1. The molecule has 1 aromatic heterocycles. The lowest BCUT2D eigenvalue weighted by Crippen LogP contribution is -2.05. The van der Waals surface area contributed by atoms with Crippen molar-refractivity contribution in [3.8, 4) is 5.75 Å². The lowest BCUT2D eigenvalue weighted by atomic mass is 10.0. The van der Waals surface area contributed by atoms with Crippen LogP contribution in [0.4, 0.5) is 4.39 Å².